The summed E-state index contributed by atoms with van der Waals surface area (Å²) >= 11 is 18.9. The van der Waals surface area contributed by atoms with Crippen molar-refractivity contribution in [2.24, 2.45) is 14.1 Å². The Labute approximate surface area is 436 Å². The van der Waals surface area contributed by atoms with Crippen molar-refractivity contribution in [3.8, 4) is 11.4 Å². The maximum atomic E-state index is 12.1. The summed E-state index contributed by atoms with van der Waals surface area (Å²) in [6, 6.07) is 7.05. The summed E-state index contributed by atoms with van der Waals surface area (Å²) in [6.45, 7) is 26.6. The van der Waals surface area contributed by atoms with Crippen LogP contribution >= 0.6 is 34.8 Å². The van der Waals surface area contributed by atoms with E-state index in [-0.39, 0.29) is 17.4 Å². The summed E-state index contributed by atoms with van der Waals surface area (Å²) in [5.41, 5.74) is 4.56. The molecule has 0 bridgehead atoms. The van der Waals surface area contributed by atoms with Gasteiger partial charge in [-0.1, -0.05) is 41.4 Å². The van der Waals surface area contributed by atoms with Crippen molar-refractivity contribution in [3.05, 3.63) is 99.3 Å². The van der Waals surface area contributed by atoms with Crippen LogP contribution in [0.15, 0.2) is 61.7 Å². The van der Waals surface area contributed by atoms with Gasteiger partial charge in [-0.2, -0.15) is 20.2 Å². The van der Waals surface area contributed by atoms with E-state index >= 15 is 0 Å². The molecule has 1 aliphatic rings. The number of carbonyl (C=O) groups excluding carboxylic acids is 2. The highest BCUT2D eigenvalue weighted by atomic mass is 35.5. The Kier molecular flexibility index (Phi) is 18.3. The Morgan fingerprint density at radius 3 is 1.56 bits per heavy atom. The number of carbonyl (C=O) groups is 2. The summed E-state index contributed by atoms with van der Waals surface area (Å²) in [5, 5.41) is 21.1. The Morgan fingerprint density at radius 1 is 0.667 bits per heavy atom. The van der Waals surface area contributed by atoms with Gasteiger partial charge in [0.2, 0.25) is 17.2 Å². The molecule has 0 radical (unpaired) electrons. The standard InChI is InChI=1S/C21H26ClN7O2.C20H31BClNO4.C7H7ClN6/c1-12-15(13(2)26-20(30)31-21(3,4)5)7-8-16(17(12)22)18-23-11-24-19(28-18)27-14-9-25-29(6)10-14;1-12-14(13(2)23-17(24)25-18(3,4)5)10-11-15(16(12)22)21-26-19(6,7)20(8,9)27-21;1-14-3-5(2-11-14)12-7-10-4-9-6(8)13-7/h7-11,13H,1-6H3,(H,26,30)(H,23,24,27,28);10-11,13H,1-9H3,(H,23,24);2-4H,1H3,(H,9,10,12,13)/t2*13-;/m11./s1. The van der Waals surface area contributed by atoms with Crippen LogP contribution in [0.3, 0.4) is 0 Å². The second kappa shape index (κ2) is 23.2. The summed E-state index contributed by atoms with van der Waals surface area (Å²) in [4.78, 5) is 48.5. The molecule has 1 aliphatic heterocycles. The molecule has 4 N–H and O–H groups in total. The molecule has 0 spiro atoms. The van der Waals surface area contributed by atoms with Crippen LogP contribution in [-0.4, -0.2) is 91.2 Å². The number of alkyl carbamates (subject to hydrolysis) is 2. The van der Waals surface area contributed by atoms with E-state index in [0.717, 1.165) is 39.1 Å². The van der Waals surface area contributed by atoms with Gasteiger partial charge < -0.3 is 40.0 Å². The van der Waals surface area contributed by atoms with E-state index in [1.54, 1.807) is 28.0 Å². The van der Waals surface area contributed by atoms with Crippen molar-refractivity contribution in [2.45, 2.75) is 131 Å². The number of ether oxygens (including phenoxy) is 2. The molecule has 7 rings (SSSR count). The lowest BCUT2D eigenvalue weighted by Crippen LogP contribution is -2.41. The van der Waals surface area contributed by atoms with Crippen LogP contribution in [0.25, 0.3) is 11.4 Å². The van der Waals surface area contributed by atoms with Crippen molar-refractivity contribution in [1.82, 2.24) is 60.1 Å². The van der Waals surface area contributed by atoms with Gasteiger partial charge in [-0.15, -0.1) is 0 Å². The Morgan fingerprint density at radius 2 is 1.11 bits per heavy atom. The molecule has 0 aliphatic carbocycles. The van der Waals surface area contributed by atoms with Crippen molar-refractivity contribution in [2.75, 3.05) is 10.6 Å². The van der Waals surface area contributed by atoms with Gasteiger partial charge in [-0.05, 0) is 137 Å². The molecule has 20 nitrogen and oxygen atoms in total. The summed E-state index contributed by atoms with van der Waals surface area (Å²) < 4.78 is 26.2. The monoisotopic (exact) mass is 1050 g/mol. The van der Waals surface area contributed by atoms with Crippen LogP contribution in [0.2, 0.25) is 15.3 Å². The SMILES string of the molecule is Cc1c([C@@H](C)NC(=O)OC(C)(C)C)ccc(-c2ncnc(Nc3cnn(C)c3)n2)c1Cl.Cc1c([C@@H](C)NC(=O)OC(C)(C)C)ccc(B2OC(C)(C)C(C)(C)O2)c1Cl.Cn1cc(Nc2ncnc(Cl)n2)cn1. The van der Waals surface area contributed by atoms with E-state index in [1.165, 1.54) is 12.7 Å². The third kappa shape index (κ3) is 15.7. The molecule has 2 atom stereocenters. The van der Waals surface area contributed by atoms with Gasteiger partial charge in [0.05, 0.1) is 52.1 Å². The first-order chi connectivity index (χ1) is 33.4. The molecule has 6 aromatic rings. The van der Waals surface area contributed by atoms with Gasteiger partial charge in [0, 0.05) is 42.5 Å². The molecular weight excluding hydrogens is 986 g/mol. The summed E-state index contributed by atoms with van der Waals surface area (Å²) in [7, 11) is 3.13. The van der Waals surface area contributed by atoms with Crippen LogP contribution in [0.5, 0.6) is 0 Å². The molecule has 24 heteroatoms. The number of aryl methyl sites for hydroxylation is 2. The largest absolute Gasteiger partial charge is 0.496 e. The van der Waals surface area contributed by atoms with Gasteiger partial charge in [0.15, 0.2) is 5.82 Å². The van der Waals surface area contributed by atoms with Gasteiger partial charge in [-0.3, -0.25) is 9.36 Å². The number of rotatable bonds is 10. The first-order valence-corrected chi connectivity index (χ1v) is 24.0. The van der Waals surface area contributed by atoms with Gasteiger partial charge >= 0.3 is 19.3 Å². The fourth-order valence-corrected chi connectivity index (χ4v) is 7.50. The van der Waals surface area contributed by atoms with Crippen LogP contribution in [0.4, 0.5) is 32.9 Å². The number of hydrogen-bond acceptors (Lipinski definition) is 16. The molecule has 2 aromatic carbocycles. The second-order valence-electron chi connectivity index (χ2n) is 19.9. The topological polar surface area (TPSA) is 232 Å². The van der Waals surface area contributed by atoms with Crippen molar-refractivity contribution < 1.29 is 28.4 Å². The van der Waals surface area contributed by atoms with Gasteiger partial charge in [0.1, 0.15) is 23.9 Å². The first-order valence-electron chi connectivity index (χ1n) is 22.9. The third-order valence-corrected chi connectivity index (χ3v) is 12.2. The molecule has 2 amide bonds. The van der Waals surface area contributed by atoms with E-state index in [1.807, 2.05) is 141 Å². The lowest BCUT2D eigenvalue weighted by molar-refractivity contribution is 0.00578. The van der Waals surface area contributed by atoms with E-state index < -0.39 is 41.7 Å². The number of nitrogens with zero attached hydrogens (tertiary/aromatic N) is 10. The number of amides is 2. The van der Waals surface area contributed by atoms with E-state index in [4.69, 9.17) is 53.6 Å². The van der Waals surface area contributed by atoms with Crippen LogP contribution in [0, 0.1) is 13.8 Å². The molecular formula is C48H64BCl3N14O6. The summed E-state index contributed by atoms with van der Waals surface area (Å²) in [5.74, 6) is 1.22. The van der Waals surface area contributed by atoms with E-state index in [9.17, 15) is 9.59 Å². The zero-order chi connectivity index (χ0) is 53.5. The molecule has 386 valence electrons. The quantitative estimate of drug-likeness (QED) is 0.0935. The van der Waals surface area contributed by atoms with Crippen LogP contribution in [0.1, 0.15) is 117 Å². The fourth-order valence-electron chi connectivity index (χ4n) is 6.86. The maximum absolute atomic E-state index is 12.1. The van der Waals surface area contributed by atoms with Crippen LogP contribution in [-0.2, 0) is 32.9 Å². The fraction of sp³-hybridized carbons (Fsp3) is 0.458. The molecule has 4 aromatic heterocycles. The smallest absolute Gasteiger partial charge is 0.444 e. The van der Waals surface area contributed by atoms with Crippen molar-refractivity contribution in [1.29, 1.82) is 0 Å². The second-order valence-corrected chi connectivity index (χ2v) is 21.0. The Bertz CT molecular complexity index is 2830. The zero-order valence-electron chi connectivity index (χ0n) is 43.6. The predicted octanol–water partition coefficient (Wildman–Crippen LogP) is 10.1. The van der Waals surface area contributed by atoms with E-state index in [0.29, 0.717) is 33.3 Å². The average Bonchev–Trinajstić information content (AvgIpc) is 3.92. The highest BCUT2D eigenvalue weighted by Gasteiger charge is 2.52. The highest BCUT2D eigenvalue weighted by molar-refractivity contribution is 6.65. The van der Waals surface area contributed by atoms with Gasteiger partial charge in [0.25, 0.3) is 0 Å². The minimum absolute atomic E-state index is 0.159. The number of halogens is 3. The summed E-state index contributed by atoms with van der Waals surface area (Å²) in [6.07, 6.45) is 8.78. The van der Waals surface area contributed by atoms with Gasteiger partial charge in [-0.25, -0.2) is 29.5 Å². The van der Waals surface area contributed by atoms with Crippen LogP contribution < -0.4 is 26.7 Å². The third-order valence-electron chi connectivity index (χ3n) is 11.1. The number of anilines is 4. The molecule has 0 unspecified atom stereocenters. The normalized spacial score (nSPS) is 14.7. The Balaban J connectivity index is 0.000000214. The Hall–Kier alpha value is -6.13. The molecule has 0 saturated carbocycles. The lowest BCUT2D eigenvalue weighted by atomic mass is 9.77. The number of benzene rings is 2. The predicted molar refractivity (Wildman–Crippen MR) is 280 cm³/mol. The zero-order valence-corrected chi connectivity index (χ0v) is 45.8. The molecule has 1 fully saturated rings. The van der Waals surface area contributed by atoms with Crippen molar-refractivity contribution in [3.63, 3.8) is 0 Å². The lowest BCUT2D eigenvalue weighted by Gasteiger charge is -2.32. The minimum atomic E-state index is -0.569. The highest BCUT2D eigenvalue weighted by Crippen LogP contribution is 2.38. The van der Waals surface area contributed by atoms with Crippen molar-refractivity contribution >= 4 is 82.8 Å². The number of nitrogens with one attached hydrogen (secondary N) is 4. The molecule has 5 heterocycles. The minimum Gasteiger partial charge on any atom is -0.444 e. The maximum Gasteiger partial charge on any atom is 0.496 e. The number of aromatic nitrogens is 10. The molecule has 1 saturated heterocycles. The molecule has 72 heavy (non-hydrogen) atoms. The first kappa shape index (κ1) is 56.8. The average molecular weight is 1050 g/mol. The van der Waals surface area contributed by atoms with E-state index in [2.05, 4.69) is 61.4 Å². The number of hydrogen-bond donors (Lipinski definition) is 4.